The summed E-state index contributed by atoms with van der Waals surface area (Å²) in [5.41, 5.74) is 0.453. The van der Waals surface area contributed by atoms with Gasteiger partial charge in [-0.15, -0.1) is 11.3 Å². The van der Waals surface area contributed by atoms with Gasteiger partial charge < -0.3 is 10.4 Å². The minimum atomic E-state index is -1.23. The van der Waals surface area contributed by atoms with Gasteiger partial charge in [-0.25, -0.2) is 9.37 Å². The second-order valence-corrected chi connectivity index (χ2v) is 5.88. The number of carbonyl (C=O) groups is 2. The van der Waals surface area contributed by atoms with E-state index in [1.165, 1.54) is 12.1 Å². The van der Waals surface area contributed by atoms with Crippen molar-refractivity contribution in [2.75, 3.05) is 6.54 Å². The number of aliphatic carboxylic acids is 1. The zero-order valence-electron chi connectivity index (χ0n) is 10.3. The zero-order valence-corrected chi connectivity index (χ0v) is 12.7. The standard InChI is InChI=1S/C12H7BrFN3O3S/c13-6-1-8-9(2-7(6)14)21-12(17-8)5(3-15)11(20)16-4-10(18)19/h1-2,5H,4H2,(H,16,20)(H,18,19). The summed E-state index contributed by atoms with van der Waals surface area (Å²) in [5.74, 6) is -3.67. The molecule has 0 aliphatic carbocycles. The minimum absolute atomic E-state index is 0.188. The fourth-order valence-corrected chi connectivity index (χ4v) is 2.91. The van der Waals surface area contributed by atoms with E-state index in [-0.39, 0.29) is 9.48 Å². The summed E-state index contributed by atoms with van der Waals surface area (Å²) >= 11 is 4.04. The molecular weight excluding hydrogens is 365 g/mol. The molecule has 1 aromatic carbocycles. The fourth-order valence-electron chi connectivity index (χ4n) is 1.56. The number of carboxylic acid groups (broad SMARTS) is 1. The molecule has 1 atom stereocenters. The highest BCUT2D eigenvalue weighted by Crippen LogP contribution is 2.31. The van der Waals surface area contributed by atoms with Crippen molar-refractivity contribution in [3.63, 3.8) is 0 Å². The van der Waals surface area contributed by atoms with Crippen LogP contribution in [-0.4, -0.2) is 28.5 Å². The highest BCUT2D eigenvalue weighted by molar-refractivity contribution is 9.10. The molecule has 0 saturated heterocycles. The van der Waals surface area contributed by atoms with Crippen LogP contribution in [0.2, 0.25) is 0 Å². The van der Waals surface area contributed by atoms with Crippen molar-refractivity contribution in [3.8, 4) is 6.07 Å². The first-order valence-electron chi connectivity index (χ1n) is 5.57. The third-order valence-corrected chi connectivity index (χ3v) is 4.19. The molecule has 0 saturated carbocycles. The van der Waals surface area contributed by atoms with Crippen LogP contribution < -0.4 is 5.32 Å². The number of benzene rings is 1. The van der Waals surface area contributed by atoms with Crippen molar-refractivity contribution in [2.24, 2.45) is 0 Å². The fraction of sp³-hybridized carbons (Fsp3) is 0.167. The van der Waals surface area contributed by atoms with Gasteiger partial charge >= 0.3 is 5.97 Å². The number of nitrogens with zero attached hydrogens (tertiary/aromatic N) is 2. The summed E-state index contributed by atoms with van der Waals surface area (Å²) in [7, 11) is 0. The lowest BCUT2D eigenvalue weighted by atomic mass is 10.1. The number of nitrogens with one attached hydrogen (secondary N) is 1. The van der Waals surface area contributed by atoms with Crippen LogP contribution in [-0.2, 0) is 9.59 Å². The molecule has 0 aliphatic rings. The number of thiazole rings is 1. The highest BCUT2D eigenvalue weighted by atomic mass is 79.9. The first-order chi connectivity index (χ1) is 9.92. The number of nitriles is 1. The third kappa shape index (κ3) is 3.34. The Morgan fingerprint density at radius 1 is 1.57 bits per heavy atom. The summed E-state index contributed by atoms with van der Waals surface area (Å²) in [5, 5.41) is 19.9. The van der Waals surface area contributed by atoms with E-state index in [1.54, 1.807) is 6.07 Å². The molecule has 0 bridgehead atoms. The van der Waals surface area contributed by atoms with Gasteiger partial charge in [0.2, 0.25) is 5.91 Å². The van der Waals surface area contributed by atoms with E-state index in [2.05, 4.69) is 26.2 Å². The number of aromatic nitrogens is 1. The Balaban J connectivity index is 2.32. The molecule has 0 aliphatic heterocycles. The summed E-state index contributed by atoms with van der Waals surface area (Å²) in [6.45, 7) is -0.581. The molecule has 2 rings (SSSR count). The predicted molar refractivity (Wildman–Crippen MR) is 76.3 cm³/mol. The Labute approximate surface area is 130 Å². The Kier molecular flexibility index (Phi) is 4.50. The van der Waals surface area contributed by atoms with Gasteiger partial charge in [0.1, 0.15) is 17.4 Å². The average molecular weight is 372 g/mol. The molecule has 0 radical (unpaired) electrons. The second-order valence-electron chi connectivity index (χ2n) is 3.96. The van der Waals surface area contributed by atoms with E-state index < -0.39 is 30.2 Å². The Morgan fingerprint density at radius 3 is 2.90 bits per heavy atom. The maximum atomic E-state index is 13.4. The molecule has 1 unspecified atom stereocenters. The highest BCUT2D eigenvalue weighted by Gasteiger charge is 2.24. The van der Waals surface area contributed by atoms with Crippen molar-refractivity contribution in [3.05, 3.63) is 27.4 Å². The molecule has 1 heterocycles. The average Bonchev–Trinajstić information content (AvgIpc) is 2.80. The largest absolute Gasteiger partial charge is 0.480 e. The monoisotopic (exact) mass is 371 g/mol. The number of hydrogen-bond donors (Lipinski definition) is 2. The van der Waals surface area contributed by atoms with Gasteiger partial charge in [-0.05, 0) is 28.1 Å². The number of hydrogen-bond acceptors (Lipinski definition) is 5. The number of carbonyl (C=O) groups excluding carboxylic acids is 1. The molecule has 21 heavy (non-hydrogen) atoms. The molecule has 2 aromatic rings. The molecule has 6 nitrogen and oxygen atoms in total. The minimum Gasteiger partial charge on any atom is -0.480 e. The number of amides is 1. The van der Waals surface area contributed by atoms with Gasteiger partial charge in [0.15, 0.2) is 5.92 Å². The topological polar surface area (TPSA) is 103 Å². The van der Waals surface area contributed by atoms with Crippen LogP contribution in [0.3, 0.4) is 0 Å². The first-order valence-corrected chi connectivity index (χ1v) is 7.18. The lowest BCUT2D eigenvalue weighted by Gasteiger charge is -2.05. The van der Waals surface area contributed by atoms with Gasteiger partial charge in [0.05, 0.1) is 20.8 Å². The van der Waals surface area contributed by atoms with Crippen LogP contribution in [0.4, 0.5) is 4.39 Å². The molecular formula is C12H7BrFN3O3S. The Morgan fingerprint density at radius 2 is 2.29 bits per heavy atom. The Hall–Kier alpha value is -2.05. The van der Waals surface area contributed by atoms with Crippen LogP contribution in [0.25, 0.3) is 10.2 Å². The van der Waals surface area contributed by atoms with Crippen LogP contribution >= 0.6 is 27.3 Å². The van der Waals surface area contributed by atoms with E-state index in [0.717, 1.165) is 11.3 Å². The summed E-state index contributed by atoms with van der Waals surface area (Å²) < 4.78 is 14.2. The SMILES string of the molecule is N#CC(C(=O)NCC(=O)O)c1nc2cc(Br)c(F)cc2s1. The van der Waals surface area contributed by atoms with E-state index >= 15 is 0 Å². The van der Waals surface area contributed by atoms with Crippen molar-refractivity contribution in [1.82, 2.24) is 10.3 Å². The summed E-state index contributed by atoms with van der Waals surface area (Å²) in [6.07, 6.45) is 0. The summed E-state index contributed by atoms with van der Waals surface area (Å²) in [6, 6.07) is 4.48. The Bertz CT molecular complexity index is 732. The maximum Gasteiger partial charge on any atom is 0.322 e. The van der Waals surface area contributed by atoms with Crippen LogP contribution in [0.15, 0.2) is 16.6 Å². The van der Waals surface area contributed by atoms with E-state index in [1.807, 2.05) is 0 Å². The van der Waals surface area contributed by atoms with Gasteiger partial charge in [-0.1, -0.05) is 0 Å². The van der Waals surface area contributed by atoms with Crippen molar-refractivity contribution >= 4 is 49.4 Å². The van der Waals surface area contributed by atoms with Gasteiger partial charge in [0, 0.05) is 0 Å². The van der Waals surface area contributed by atoms with Gasteiger partial charge in [-0.3, -0.25) is 9.59 Å². The van der Waals surface area contributed by atoms with E-state index in [4.69, 9.17) is 10.4 Å². The molecule has 9 heteroatoms. The lowest BCUT2D eigenvalue weighted by molar-refractivity contribution is -0.138. The number of fused-ring (bicyclic) bond motifs is 1. The smallest absolute Gasteiger partial charge is 0.322 e. The number of rotatable bonds is 4. The van der Waals surface area contributed by atoms with Crippen molar-refractivity contribution in [1.29, 1.82) is 5.26 Å². The van der Waals surface area contributed by atoms with E-state index in [0.29, 0.717) is 10.2 Å². The van der Waals surface area contributed by atoms with Crippen LogP contribution in [0.1, 0.15) is 10.9 Å². The van der Waals surface area contributed by atoms with Gasteiger partial charge in [-0.2, -0.15) is 5.26 Å². The van der Waals surface area contributed by atoms with Crippen LogP contribution in [0.5, 0.6) is 0 Å². The maximum absolute atomic E-state index is 13.4. The van der Waals surface area contributed by atoms with Crippen molar-refractivity contribution in [2.45, 2.75) is 5.92 Å². The molecule has 0 spiro atoms. The third-order valence-electron chi connectivity index (χ3n) is 2.50. The lowest BCUT2D eigenvalue weighted by Crippen LogP contribution is -2.33. The molecule has 0 fully saturated rings. The quantitative estimate of drug-likeness (QED) is 0.855. The molecule has 1 amide bonds. The number of halogens is 2. The molecule has 2 N–H and O–H groups in total. The second kappa shape index (κ2) is 6.15. The molecule has 108 valence electrons. The summed E-state index contributed by atoms with van der Waals surface area (Å²) in [4.78, 5) is 26.3. The van der Waals surface area contributed by atoms with Crippen molar-refractivity contribution < 1.29 is 19.1 Å². The molecule has 1 aromatic heterocycles. The normalized spacial score (nSPS) is 11.9. The van der Waals surface area contributed by atoms with Gasteiger partial charge in [0.25, 0.3) is 0 Å². The zero-order chi connectivity index (χ0) is 15.6. The van der Waals surface area contributed by atoms with E-state index in [9.17, 15) is 14.0 Å². The predicted octanol–water partition coefficient (Wildman–Crippen LogP) is 2.01. The first kappa shape index (κ1) is 15.3. The van der Waals surface area contributed by atoms with Crippen LogP contribution in [0, 0.1) is 17.1 Å². The number of carboxylic acids is 1.